The van der Waals surface area contributed by atoms with Crippen molar-refractivity contribution < 1.29 is 35.9 Å². The number of piperidine rings is 1. The number of alkyl halides is 3. The van der Waals surface area contributed by atoms with E-state index in [1.807, 2.05) is 6.07 Å². The minimum absolute atomic E-state index is 0.0170. The van der Waals surface area contributed by atoms with Gasteiger partial charge in [0, 0.05) is 19.6 Å². The Balaban J connectivity index is 1.46. The highest BCUT2D eigenvalue weighted by atomic mass is 32.2. The van der Waals surface area contributed by atoms with Crippen LogP contribution in [0, 0.1) is 5.92 Å². The summed E-state index contributed by atoms with van der Waals surface area (Å²) in [7, 11) is -3.88. The standard InChI is InChI=1S/C20H21F3N2O5S/c21-20(22,23)30-17-6-8-18(9-7-17)31(27,28)24-14-15-10-12-25(13-11-15)19(26)29-16-4-2-1-3-5-16/h1-9,15,24H,10-14H2. The first-order valence-corrected chi connectivity index (χ1v) is 11.0. The molecule has 11 heteroatoms. The Morgan fingerprint density at radius 1 is 1.00 bits per heavy atom. The van der Waals surface area contributed by atoms with E-state index in [0.29, 0.717) is 31.7 Å². The Morgan fingerprint density at radius 2 is 1.61 bits per heavy atom. The molecular formula is C20H21F3N2O5S. The molecule has 168 valence electrons. The highest BCUT2D eigenvalue weighted by Crippen LogP contribution is 2.24. The second-order valence-corrected chi connectivity index (χ2v) is 8.75. The van der Waals surface area contributed by atoms with Crippen LogP contribution >= 0.6 is 0 Å². The SMILES string of the molecule is O=C(Oc1ccccc1)N1CCC(CNS(=O)(=O)c2ccc(OC(F)(F)F)cc2)CC1. The number of benzene rings is 2. The van der Waals surface area contributed by atoms with Gasteiger partial charge in [-0.15, -0.1) is 13.2 Å². The number of nitrogens with one attached hydrogen (secondary N) is 1. The predicted octanol–water partition coefficient (Wildman–Crippen LogP) is 3.77. The van der Waals surface area contributed by atoms with Crippen molar-refractivity contribution >= 4 is 16.1 Å². The molecule has 1 N–H and O–H groups in total. The van der Waals surface area contributed by atoms with Gasteiger partial charge in [-0.05, 0) is 55.2 Å². The normalized spacial score (nSPS) is 15.5. The summed E-state index contributed by atoms with van der Waals surface area (Å²) in [5.41, 5.74) is 0. The Morgan fingerprint density at radius 3 is 2.19 bits per heavy atom. The molecule has 1 heterocycles. The number of sulfonamides is 1. The monoisotopic (exact) mass is 458 g/mol. The van der Waals surface area contributed by atoms with Crippen LogP contribution in [0.25, 0.3) is 0 Å². The zero-order chi connectivity index (χ0) is 22.5. The topological polar surface area (TPSA) is 84.9 Å². The minimum atomic E-state index is -4.85. The van der Waals surface area contributed by atoms with Crippen LogP contribution in [0.3, 0.4) is 0 Å². The maximum atomic E-state index is 12.4. The zero-order valence-corrected chi connectivity index (χ0v) is 17.2. The number of amides is 1. The van der Waals surface area contributed by atoms with Crippen molar-refractivity contribution in [3.05, 3.63) is 54.6 Å². The number of hydrogen-bond acceptors (Lipinski definition) is 5. The molecule has 0 radical (unpaired) electrons. The van der Waals surface area contributed by atoms with Gasteiger partial charge in [-0.2, -0.15) is 0 Å². The van der Waals surface area contributed by atoms with Gasteiger partial charge in [0.25, 0.3) is 0 Å². The summed E-state index contributed by atoms with van der Waals surface area (Å²) in [4.78, 5) is 13.6. The molecule has 3 rings (SSSR count). The maximum Gasteiger partial charge on any atom is 0.573 e. The number of halogens is 3. The lowest BCUT2D eigenvalue weighted by Gasteiger charge is -2.31. The number of para-hydroxylation sites is 1. The van der Waals surface area contributed by atoms with Crippen LogP contribution in [0.2, 0.25) is 0 Å². The molecule has 0 saturated carbocycles. The van der Waals surface area contributed by atoms with E-state index in [9.17, 15) is 26.4 Å². The van der Waals surface area contributed by atoms with Crippen LogP contribution in [-0.4, -0.2) is 45.4 Å². The number of rotatable bonds is 6. The summed E-state index contributed by atoms with van der Waals surface area (Å²) in [5, 5.41) is 0. The Kier molecular flexibility index (Phi) is 7.06. The molecular weight excluding hydrogens is 437 g/mol. The molecule has 0 aromatic heterocycles. The van der Waals surface area contributed by atoms with Crippen molar-refractivity contribution in [3.8, 4) is 11.5 Å². The van der Waals surface area contributed by atoms with E-state index in [2.05, 4.69) is 9.46 Å². The van der Waals surface area contributed by atoms with Gasteiger partial charge in [0.1, 0.15) is 11.5 Å². The van der Waals surface area contributed by atoms with E-state index in [0.717, 1.165) is 24.3 Å². The highest BCUT2D eigenvalue weighted by molar-refractivity contribution is 7.89. The number of hydrogen-bond donors (Lipinski definition) is 1. The van der Waals surface area contributed by atoms with Crippen LogP contribution in [0.1, 0.15) is 12.8 Å². The summed E-state index contributed by atoms with van der Waals surface area (Å²) in [6.07, 6.45) is -4.12. The van der Waals surface area contributed by atoms with Gasteiger partial charge in [0.05, 0.1) is 4.90 Å². The van der Waals surface area contributed by atoms with Gasteiger partial charge in [0.15, 0.2) is 0 Å². The van der Waals surface area contributed by atoms with Crippen molar-refractivity contribution in [1.29, 1.82) is 0 Å². The van der Waals surface area contributed by atoms with Crippen molar-refractivity contribution in [2.75, 3.05) is 19.6 Å². The molecule has 0 spiro atoms. The summed E-state index contributed by atoms with van der Waals surface area (Å²) in [5.74, 6) is -0.0290. The third kappa shape index (κ3) is 6.86. The van der Waals surface area contributed by atoms with Gasteiger partial charge in [0.2, 0.25) is 10.0 Å². The number of likely N-dealkylation sites (tertiary alicyclic amines) is 1. The lowest BCUT2D eigenvalue weighted by molar-refractivity contribution is -0.274. The fraction of sp³-hybridized carbons (Fsp3) is 0.350. The smallest absolute Gasteiger partial charge is 0.410 e. The Hall–Kier alpha value is -2.79. The maximum absolute atomic E-state index is 12.4. The first kappa shape index (κ1) is 22.9. The number of ether oxygens (including phenoxy) is 2. The van der Waals surface area contributed by atoms with Crippen LogP contribution in [0.5, 0.6) is 11.5 Å². The molecule has 2 aromatic rings. The largest absolute Gasteiger partial charge is 0.573 e. The molecule has 1 fully saturated rings. The number of nitrogens with zero attached hydrogens (tertiary/aromatic N) is 1. The van der Waals surface area contributed by atoms with Crippen LogP contribution in [-0.2, 0) is 10.0 Å². The fourth-order valence-electron chi connectivity index (χ4n) is 3.10. The van der Waals surface area contributed by atoms with Crippen molar-refractivity contribution in [2.24, 2.45) is 5.92 Å². The summed E-state index contributed by atoms with van der Waals surface area (Å²) >= 11 is 0. The van der Waals surface area contributed by atoms with Crippen LogP contribution in [0.4, 0.5) is 18.0 Å². The molecule has 0 aliphatic carbocycles. The fourth-order valence-corrected chi connectivity index (χ4v) is 4.22. The quantitative estimate of drug-likeness (QED) is 0.712. The van der Waals surface area contributed by atoms with Crippen LogP contribution < -0.4 is 14.2 Å². The van der Waals surface area contributed by atoms with Crippen LogP contribution in [0.15, 0.2) is 59.5 Å². The van der Waals surface area contributed by atoms with E-state index < -0.39 is 28.2 Å². The van der Waals surface area contributed by atoms with E-state index in [4.69, 9.17) is 4.74 Å². The van der Waals surface area contributed by atoms with Crippen molar-refractivity contribution in [1.82, 2.24) is 9.62 Å². The van der Waals surface area contributed by atoms with Gasteiger partial charge < -0.3 is 14.4 Å². The molecule has 1 aliphatic heterocycles. The molecule has 2 aromatic carbocycles. The molecule has 7 nitrogen and oxygen atoms in total. The summed E-state index contributed by atoms with van der Waals surface area (Å²) in [6, 6.07) is 12.7. The lowest BCUT2D eigenvalue weighted by atomic mass is 9.97. The molecule has 1 aliphatic rings. The minimum Gasteiger partial charge on any atom is -0.410 e. The first-order chi connectivity index (χ1) is 14.6. The Bertz CT molecular complexity index is 974. The van der Waals surface area contributed by atoms with Gasteiger partial charge in [-0.1, -0.05) is 18.2 Å². The van der Waals surface area contributed by atoms with E-state index in [-0.39, 0.29) is 17.4 Å². The van der Waals surface area contributed by atoms with Gasteiger partial charge in [-0.25, -0.2) is 17.9 Å². The Labute approximate surface area is 177 Å². The van der Waals surface area contributed by atoms with Gasteiger partial charge >= 0.3 is 12.5 Å². The zero-order valence-electron chi connectivity index (χ0n) is 16.3. The molecule has 31 heavy (non-hydrogen) atoms. The third-order valence-corrected chi connectivity index (χ3v) is 6.19. The van der Waals surface area contributed by atoms with E-state index in [1.54, 1.807) is 29.2 Å². The van der Waals surface area contributed by atoms with E-state index >= 15 is 0 Å². The number of carbonyl (C=O) groups excluding carboxylic acids is 1. The second-order valence-electron chi connectivity index (χ2n) is 6.98. The molecule has 1 amide bonds. The molecule has 0 atom stereocenters. The third-order valence-electron chi connectivity index (χ3n) is 4.75. The second kappa shape index (κ2) is 9.56. The van der Waals surface area contributed by atoms with Gasteiger partial charge in [-0.3, -0.25) is 0 Å². The lowest BCUT2D eigenvalue weighted by Crippen LogP contribution is -2.42. The average Bonchev–Trinajstić information content (AvgIpc) is 2.73. The number of carbonyl (C=O) groups is 1. The molecule has 0 bridgehead atoms. The molecule has 1 saturated heterocycles. The predicted molar refractivity (Wildman–Crippen MR) is 105 cm³/mol. The molecule has 0 unspecified atom stereocenters. The summed E-state index contributed by atoms with van der Waals surface area (Å²) < 4.78 is 72.9. The first-order valence-electron chi connectivity index (χ1n) is 9.50. The van der Waals surface area contributed by atoms with Crippen molar-refractivity contribution in [2.45, 2.75) is 24.1 Å². The van der Waals surface area contributed by atoms with E-state index in [1.165, 1.54) is 0 Å². The van der Waals surface area contributed by atoms with Crippen molar-refractivity contribution in [3.63, 3.8) is 0 Å². The highest BCUT2D eigenvalue weighted by Gasteiger charge is 2.31. The summed E-state index contributed by atoms with van der Waals surface area (Å²) in [6.45, 7) is 1.02. The average molecular weight is 458 g/mol.